The van der Waals surface area contributed by atoms with E-state index in [9.17, 15) is 4.79 Å². The Balaban J connectivity index is 1.85. The van der Waals surface area contributed by atoms with Crippen molar-refractivity contribution in [3.8, 4) is 0 Å². The number of imidazole rings is 1. The van der Waals surface area contributed by atoms with E-state index in [1.807, 2.05) is 24.3 Å². The maximum absolute atomic E-state index is 12.4. The molecule has 0 spiro atoms. The van der Waals surface area contributed by atoms with Gasteiger partial charge in [0.15, 0.2) is 22.5 Å². The Morgan fingerprint density at radius 2 is 1.92 bits per heavy atom. The maximum Gasteiger partial charge on any atom is 0.274 e. The number of benzene rings is 1. The third kappa shape index (κ3) is 3.55. The standard InChI is InChI=1S/C17H20ClN7O/c1-9(2)8-25-11-6-4-3-5-10(11)22-12(25)7-21-17(26)13-15(19)24-16(20)14(18)23-13/h3-6,9H,7-8H2,1-2H3,(H,21,26)(H4,19,20,24). The lowest BCUT2D eigenvalue weighted by molar-refractivity contribution is 0.0945. The van der Waals surface area contributed by atoms with Crippen molar-refractivity contribution in [1.82, 2.24) is 24.8 Å². The van der Waals surface area contributed by atoms with Crippen LogP contribution in [-0.2, 0) is 13.1 Å². The first-order chi connectivity index (χ1) is 12.4. The predicted octanol–water partition coefficient (Wildman–Crippen LogP) is 2.23. The first-order valence-electron chi connectivity index (χ1n) is 8.17. The topological polar surface area (TPSA) is 125 Å². The molecule has 9 heteroatoms. The number of hydrogen-bond acceptors (Lipinski definition) is 6. The van der Waals surface area contributed by atoms with Crippen molar-refractivity contribution < 1.29 is 4.79 Å². The van der Waals surface area contributed by atoms with Crippen LogP contribution in [0.4, 0.5) is 11.6 Å². The van der Waals surface area contributed by atoms with Crippen LogP contribution in [0.3, 0.4) is 0 Å². The van der Waals surface area contributed by atoms with Crippen LogP contribution in [-0.4, -0.2) is 25.4 Å². The van der Waals surface area contributed by atoms with Gasteiger partial charge in [0.1, 0.15) is 5.82 Å². The Morgan fingerprint density at radius 1 is 1.19 bits per heavy atom. The Kier molecular flexibility index (Phi) is 4.94. The number of hydrogen-bond donors (Lipinski definition) is 3. The number of carbonyl (C=O) groups excluding carboxylic acids is 1. The van der Waals surface area contributed by atoms with Crippen molar-refractivity contribution in [2.45, 2.75) is 26.9 Å². The van der Waals surface area contributed by atoms with E-state index < -0.39 is 5.91 Å². The predicted molar refractivity (Wildman–Crippen MR) is 102 cm³/mol. The Bertz CT molecular complexity index is 967. The van der Waals surface area contributed by atoms with Crippen LogP contribution < -0.4 is 16.8 Å². The molecule has 2 heterocycles. The average Bonchev–Trinajstić information content (AvgIpc) is 2.93. The third-order valence-electron chi connectivity index (χ3n) is 3.81. The smallest absolute Gasteiger partial charge is 0.274 e. The van der Waals surface area contributed by atoms with Gasteiger partial charge in [-0.25, -0.2) is 15.0 Å². The summed E-state index contributed by atoms with van der Waals surface area (Å²) in [6, 6.07) is 7.86. The van der Waals surface area contributed by atoms with Gasteiger partial charge in [0.2, 0.25) is 0 Å². The van der Waals surface area contributed by atoms with Gasteiger partial charge >= 0.3 is 0 Å². The van der Waals surface area contributed by atoms with Crippen LogP contribution in [0.2, 0.25) is 5.15 Å². The first-order valence-corrected chi connectivity index (χ1v) is 8.55. The van der Waals surface area contributed by atoms with Gasteiger partial charge in [0.05, 0.1) is 17.6 Å². The molecule has 2 aromatic heterocycles. The van der Waals surface area contributed by atoms with E-state index in [-0.39, 0.29) is 29.0 Å². The van der Waals surface area contributed by atoms with Crippen LogP contribution in [0, 0.1) is 5.92 Å². The number of fused-ring (bicyclic) bond motifs is 1. The number of aromatic nitrogens is 4. The lowest BCUT2D eigenvalue weighted by Gasteiger charge is -2.12. The fourth-order valence-corrected chi connectivity index (χ4v) is 2.81. The molecule has 26 heavy (non-hydrogen) atoms. The van der Waals surface area contributed by atoms with E-state index in [4.69, 9.17) is 23.1 Å². The summed E-state index contributed by atoms with van der Waals surface area (Å²) in [5.41, 5.74) is 13.1. The van der Waals surface area contributed by atoms with Crippen molar-refractivity contribution in [3.05, 3.63) is 40.9 Å². The molecule has 1 aromatic carbocycles. The number of para-hydroxylation sites is 2. The summed E-state index contributed by atoms with van der Waals surface area (Å²) >= 11 is 5.83. The molecule has 1 amide bonds. The fraction of sp³-hybridized carbons (Fsp3) is 0.294. The fourth-order valence-electron chi connectivity index (χ4n) is 2.68. The molecule has 0 radical (unpaired) electrons. The Labute approximate surface area is 155 Å². The second-order valence-corrected chi connectivity index (χ2v) is 6.70. The number of nitrogen functional groups attached to an aromatic ring is 2. The summed E-state index contributed by atoms with van der Waals surface area (Å²) in [4.78, 5) is 24.8. The SMILES string of the molecule is CC(C)Cn1c(CNC(=O)c2nc(Cl)c(N)nc2N)nc2ccccc21. The van der Waals surface area contributed by atoms with Crippen LogP contribution in [0.5, 0.6) is 0 Å². The summed E-state index contributed by atoms with van der Waals surface area (Å²) in [6.45, 7) is 5.28. The molecule has 0 saturated heterocycles. The van der Waals surface area contributed by atoms with Crippen molar-refractivity contribution >= 4 is 40.2 Å². The highest BCUT2D eigenvalue weighted by Crippen LogP contribution is 2.19. The zero-order chi connectivity index (χ0) is 18.8. The van der Waals surface area contributed by atoms with E-state index in [1.165, 1.54) is 0 Å². The van der Waals surface area contributed by atoms with Gasteiger partial charge in [-0.3, -0.25) is 4.79 Å². The monoisotopic (exact) mass is 373 g/mol. The van der Waals surface area contributed by atoms with Crippen molar-refractivity contribution in [2.75, 3.05) is 11.5 Å². The highest BCUT2D eigenvalue weighted by molar-refractivity contribution is 6.31. The molecule has 0 aliphatic heterocycles. The number of amides is 1. The highest BCUT2D eigenvalue weighted by Gasteiger charge is 2.17. The van der Waals surface area contributed by atoms with Crippen LogP contribution in [0.15, 0.2) is 24.3 Å². The van der Waals surface area contributed by atoms with Crippen molar-refractivity contribution in [2.24, 2.45) is 5.92 Å². The maximum atomic E-state index is 12.4. The zero-order valence-electron chi connectivity index (χ0n) is 14.5. The van der Waals surface area contributed by atoms with Crippen molar-refractivity contribution in [3.63, 3.8) is 0 Å². The van der Waals surface area contributed by atoms with Gasteiger partial charge in [0.25, 0.3) is 5.91 Å². The summed E-state index contributed by atoms with van der Waals surface area (Å²) < 4.78 is 2.10. The second kappa shape index (κ2) is 7.17. The van der Waals surface area contributed by atoms with E-state index in [0.717, 1.165) is 23.4 Å². The van der Waals surface area contributed by atoms with Crippen LogP contribution in [0.1, 0.15) is 30.2 Å². The van der Waals surface area contributed by atoms with Gasteiger partial charge in [0, 0.05) is 6.54 Å². The zero-order valence-corrected chi connectivity index (χ0v) is 15.3. The molecule has 0 aliphatic carbocycles. The minimum absolute atomic E-state index is 0.0144. The van der Waals surface area contributed by atoms with Crippen LogP contribution >= 0.6 is 11.6 Å². The van der Waals surface area contributed by atoms with E-state index in [0.29, 0.717) is 5.92 Å². The summed E-state index contributed by atoms with van der Waals surface area (Å²) in [7, 11) is 0. The van der Waals surface area contributed by atoms with E-state index in [2.05, 4.69) is 38.7 Å². The Morgan fingerprint density at radius 3 is 2.65 bits per heavy atom. The van der Waals surface area contributed by atoms with Gasteiger partial charge in [-0.1, -0.05) is 37.6 Å². The summed E-state index contributed by atoms with van der Waals surface area (Å²) in [6.07, 6.45) is 0. The summed E-state index contributed by atoms with van der Waals surface area (Å²) in [5, 5.41) is 2.71. The summed E-state index contributed by atoms with van der Waals surface area (Å²) in [5.74, 6) is 0.611. The molecule has 8 nitrogen and oxygen atoms in total. The number of nitrogens with one attached hydrogen (secondary N) is 1. The highest BCUT2D eigenvalue weighted by atomic mass is 35.5. The number of rotatable bonds is 5. The van der Waals surface area contributed by atoms with Crippen molar-refractivity contribution in [1.29, 1.82) is 0 Å². The number of carbonyl (C=O) groups is 1. The first kappa shape index (κ1) is 17.9. The average molecular weight is 374 g/mol. The minimum Gasteiger partial charge on any atom is -0.382 e. The molecule has 0 fully saturated rings. The Hall–Kier alpha value is -2.87. The lowest BCUT2D eigenvalue weighted by atomic mass is 10.2. The molecule has 0 unspecified atom stereocenters. The molecular formula is C17H20ClN7O. The lowest BCUT2D eigenvalue weighted by Crippen LogP contribution is -2.27. The number of anilines is 2. The quantitative estimate of drug-likeness (QED) is 0.629. The van der Waals surface area contributed by atoms with Gasteiger partial charge in [-0.05, 0) is 18.1 Å². The number of nitrogens with zero attached hydrogens (tertiary/aromatic N) is 4. The molecule has 5 N–H and O–H groups in total. The number of nitrogens with two attached hydrogens (primary N) is 2. The van der Waals surface area contributed by atoms with Gasteiger partial charge in [-0.15, -0.1) is 0 Å². The van der Waals surface area contributed by atoms with Gasteiger partial charge < -0.3 is 21.4 Å². The van der Waals surface area contributed by atoms with Crippen LogP contribution in [0.25, 0.3) is 11.0 Å². The largest absolute Gasteiger partial charge is 0.382 e. The minimum atomic E-state index is -0.486. The molecule has 3 aromatic rings. The molecule has 136 valence electrons. The molecule has 0 saturated carbocycles. The third-order valence-corrected chi connectivity index (χ3v) is 4.09. The molecule has 3 rings (SSSR count). The molecule has 0 bridgehead atoms. The molecule has 0 atom stereocenters. The van der Waals surface area contributed by atoms with E-state index in [1.54, 1.807) is 0 Å². The van der Waals surface area contributed by atoms with E-state index >= 15 is 0 Å². The van der Waals surface area contributed by atoms with Gasteiger partial charge in [-0.2, -0.15) is 0 Å². The molecule has 0 aliphatic rings. The second-order valence-electron chi connectivity index (χ2n) is 6.34. The number of halogens is 1. The normalized spacial score (nSPS) is 11.2. The molecular weight excluding hydrogens is 354 g/mol.